The van der Waals surface area contributed by atoms with Crippen molar-refractivity contribution in [3.8, 4) is 0 Å². The average Bonchev–Trinajstić information content (AvgIpc) is 3.01. The van der Waals surface area contributed by atoms with E-state index in [2.05, 4.69) is 5.10 Å². The molecule has 0 bridgehead atoms. The highest BCUT2D eigenvalue weighted by Gasteiger charge is 2.33. The second-order valence-electron chi connectivity index (χ2n) is 7.33. The molecule has 0 aliphatic carbocycles. The van der Waals surface area contributed by atoms with Crippen molar-refractivity contribution in [1.82, 2.24) is 18.8 Å². The fraction of sp³-hybridized carbons (Fsp3) is 0.368. The van der Waals surface area contributed by atoms with Crippen molar-refractivity contribution in [3.63, 3.8) is 0 Å². The number of pyridine rings is 1. The van der Waals surface area contributed by atoms with Crippen molar-refractivity contribution in [2.75, 3.05) is 32.7 Å². The van der Waals surface area contributed by atoms with Gasteiger partial charge in [0.15, 0.2) is 5.65 Å². The van der Waals surface area contributed by atoms with E-state index in [1.165, 1.54) is 9.08 Å². The lowest BCUT2D eigenvalue weighted by Crippen LogP contribution is -2.63. The summed E-state index contributed by atoms with van der Waals surface area (Å²) in [5.41, 5.74) is 0.976. The summed E-state index contributed by atoms with van der Waals surface area (Å²) in [5.74, 6) is 0. The van der Waals surface area contributed by atoms with Crippen LogP contribution in [-0.2, 0) is 6.54 Å². The highest BCUT2D eigenvalue weighted by molar-refractivity contribution is 6.30. The molecule has 1 fully saturated rings. The maximum absolute atomic E-state index is 13.1. The van der Waals surface area contributed by atoms with Gasteiger partial charge in [0.05, 0.1) is 13.1 Å². The maximum atomic E-state index is 13.1. The molecule has 3 aromatic rings. The van der Waals surface area contributed by atoms with E-state index in [0.717, 1.165) is 0 Å². The van der Waals surface area contributed by atoms with Gasteiger partial charge in [0.2, 0.25) is 0 Å². The molecule has 0 saturated carbocycles. The fourth-order valence-electron chi connectivity index (χ4n) is 3.74. The second-order valence-corrected chi connectivity index (χ2v) is 7.77. The molecule has 1 saturated heterocycles. The lowest BCUT2D eigenvalue weighted by molar-refractivity contribution is -0.884. The molecular weight excluding hydrogens is 382 g/mol. The molecule has 3 heterocycles. The van der Waals surface area contributed by atoms with Gasteiger partial charge in [0, 0.05) is 23.7 Å². The molecule has 2 aromatic heterocycles. The van der Waals surface area contributed by atoms with Gasteiger partial charge in [-0.25, -0.2) is 9.48 Å². The van der Waals surface area contributed by atoms with Gasteiger partial charge in [-0.15, -0.1) is 5.10 Å². The van der Waals surface area contributed by atoms with Crippen molar-refractivity contribution in [3.05, 3.63) is 74.6 Å². The highest BCUT2D eigenvalue weighted by Crippen LogP contribution is 2.28. The van der Waals surface area contributed by atoms with Gasteiger partial charge in [-0.3, -0.25) is 4.40 Å². The van der Waals surface area contributed by atoms with Crippen molar-refractivity contribution in [1.29, 1.82) is 0 Å². The number of rotatable bonds is 5. The molecular formula is C19H22ClN5O3. The first-order valence-corrected chi connectivity index (χ1v) is 9.72. The summed E-state index contributed by atoms with van der Waals surface area (Å²) in [7, 11) is 0. The molecule has 0 radical (unpaired) electrons. The van der Waals surface area contributed by atoms with E-state index in [9.17, 15) is 15.2 Å². The van der Waals surface area contributed by atoms with Gasteiger partial charge in [-0.05, 0) is 24.3 Å². The van der Waals surface area contributed by atoms with Gasteiger partial charge < -0.3 is 19.7 Å². The summed E-state index contributed by atoms with van der Waals surface area (Å²) in [6.45, 7) is 1.67. The Bertz CT molecular complexity index is 1040. The zero-order chi connectivity index (χ0) is 19.8. The number of quaternary nitrogens is 2. The van der Waals surface area contributed by atoms with Gasteiger partial charge in [0.1, 0.15) is 31.9 Å². The molecule has 0 unspecified atom stereocenters. The minimum Gasteiger partial charge on any atom is -0.632 e. The number of fused-ring (bicyclic) bond motifs is 1. The van der Waals surface area contributed by atoms with E-state index < -0.39 is 9.29 Å². The Balaban J connectivity index is 1.37. The number of piperazine rings is 1. The van der Waals surface area contributed by atoms with Gasteiger partial charge in [-0.1, -0.05) is 23.7 Å². The molecule has 28 heavy (non-hydrogen) atoms. The van der Waals surface area contributed by atoms with Crippen molar-refractivity contribution < 1.29 is 4.65 Å². The molecule has 4 rings (SSSR count). The van der Waals surface area contributed by atoms with Gasteiger partial charge in [0.25, 0.3) is 0 Å². The third-order valence-corrected chi connectivity index (χ3v) is 5.68. The van der Waals surface area contributed by atoms with Crippen LogP contribution in [0.4, 0.5) is 5.69 Å². The second kappa shape index (κ2) is 7.31. The number of hydrogen-bond donors (Lipinski definition) is 0. The first kappa shape index (κ1) is 19.1. The SMILES string of the molecule is O=c1n(CCC[N+]2([O-])CC[N+]([O-])(c3cccc(Cl)c3)CC2)nc2ccccn12. The monoisotopic (exact) mass is 403 g/mol. The molecule has 148 valence electrons. The molecule has 1 aliphatic heterocycles. The van der Waals surface area contributed by atoms with E-state index in [-0.39, 0.29) is 31.9 Å². The Morgan fingerprint density at radius 3 is 2.57 bits per heavy atom. The molecule has 9 heteroatoms. The number of hydrogen-bond acceptors (Lipinski definition) is 4. The third-order valence-electron chi connectivity index (χ3n) is 5.44. The maximum Gasteiger partial charge on any atom is 0.350 e. The van der Waals surface area contributed by atoms with Crippen LogP contribution < -0.4 is 10.3 Å². The number of halogens is 1. The lowest BCUT2D eigenvalue weighted by atomic mass is 10.2. The quantitative estimate of drug-likeness (QED) is 0.483. The van der Waals surface area contributed by atoms with Crippen LogP contribution >= 0.6 is 11.6 Å². The summed E-state index contributed by atoms with van der Waals surface area (Å²) in [6.07, 6.45) is 2.21. The van der Waals surface area contributed by atoms with E-state index in [4.69, 9.17) is 11.6 Å². The number of nitrogens with zero attached hydrogens (tertiary/aromatic N) is 5. The van der Waals surface area contributed by atoms with Crippen LogP contribution in [0.15, 0.2) is 53.5 Å². The molecule has 0 N–H and O–H groups in total. The molecule has 1 aromatic carbocycles. The summed E-state index contributed by atoms with van der Waals surface area (Å²) in [6, 6.07) is 12.3. The largest absolute Gasteiger partial charge is 0.632 e. The summed E-state index contributed by atoms with van der Waals surface area (Å²) in [4.78, 5) is 12.3. The summed E-state index contributed by atoms with van der Waals surface area (Å²) < 4.78 is 1.95. The number of hydroxylamine groups is 5. The standard InChI is InChI=1S/C19H22ClN5O3/c20-16-5-3-6-17(15-16)25(28)13-11-24(27,12-14-25)10-4-9-23-19(26)22-8-2-1-7-18(22)21-23/h1-3,5-8,15H,4,9-14H2. The van der Waals surface area contributed by atoms with Crippen molar-refractivity contribution in [2.45, 2.75) is 13.0 Å². The lowest BCUT2D eigenvalue weighted by Gasteiger charge is -2.54. The van der Waals surface area contributed by atoms with Crippen LogP contribution in [0.25, 0.3) is 5.65 Å². The van der Waals surface area contributed by atoms with Crippen LogP contribution in [0.3, 0.4) is 0 Å². The molecule has 0 spiro atoms. The topological polar surface area (TPSA) is 85.4 Å². The van der Waals surface area contributed by atoms with E-state index in [0.29, 0.717) is 35.9 Å². The Labute approximate surface area is 167 Å². The molecule has 8 nitrogen and oxygen atoms in total. The summed E-state index contributed by atoms with van der Waals surface area (Å²) >= 11 is 6.00. The van der Waals surface area contributed by atoms with Gasteiger partial charge in [-0.2, -0.15) is 0 Å². The van der Waals surface area contributed by atoms with Crippen LogP contribution in [0.5, 0.6) is 0 Å². The van der Waals surface area contributed by atoms with E-state index >= 15 is 0 Å². The smallest absolute Gasteiger partial charge is 0.350 e. The number of aromatic nitrogens is 3. The van der Waals surface area contributed by atoms with Crippen LogP contribution in [0, 0.1) is 10.4 Å². The first-order valence-electron chi connectivity index (χ1n) is 9.34. The Morgan fingerprint density at radius 1 is 1.07 bits per heavy atom. The molecule has 0 atom stereocenters. The highest BCUT2D eigenvalue weighted by atomic mass is 35.5. The molecule has 0 amide bonds. The first-order chi connectivity index (χ1) is 13.4. The van der Waals surface area contributed by atoms with E-state index in [1.807, 2.05) is 6.07 Å². The summed E-state index contributed by atoms with van der Waals surface area (Å²) in [5, 5.41) is 30.9. The minimum atomic E-state index is -0.519. The zero-order valence-corrected chi connectivity index (χ0v) is 16.2. The Kier molecular flexibility index (Phi) is 4.98. The third kappa shape index (κ3) is 3.69. The Hall–Kier alpha value is -2.23. The number of aryl methyl sites for hydroxylation is 1. The van der Waals surface area contributed by atoms with Crippen LogP contribution in [-0.4, -0.2) is 51.6 Å². The predicted molar refractivity (Wildman–Crippen MR) is 109 cm³/mol. The van der Waals surface area contributed by atoms with Crippen LogP contribution in [0.2, 0.25) is 5.02 Å². The van der Waals surface area contributed by atoms with Crippen molar-refractivity contribution in [2.24, 2.45) is 0 Å². The van der Waals surface area contributed by atoms with Crippen molar-refractivity contribution >= 4 is 22.9 Å². The number of benzene rings is 1. The zero-order valence-electron chi connectivity index (χ0n) is 15.4. The Morgan fingerprint density at radius 2 is 1.86 bits per heavy atom. The normalized spacial score (nSPS) is 25.2. The molecule has 1 aliphatic rings. The predicted octanol–water partition coefficient (Wildman–Crippen LogP) is 2.37. The minimum absolute atomic E-state index is 0.206. The fourth-order valence-corrected chi connectivity index (χ4v) is 3.93. The van der Waals surface area contributed by atoms with Gasteiger partial charge >= 0.3 is 5.69 Å². The van der Waals surface area contributed by atoms with E-state index in [1.54, 1.807) is 42.6 Å². The van der Waals surface area contributed by atoms with Crippen LogP contribution in [0.1, 0.15) is 6.42 Å². The average molecular weight is 404 g/mol.